The molecule has 1 aromatic heterocycles. The van der Waals surface area contributed by atoms with E-state index in [2.05, 4.69) is 52.0 Å². The topological polar surface area (TPSA) is 54.0 Å². The number of carbonyl (C=O) groups is 1. The maximum atomic E-state index is 13.1. The minimum absolute atomic E-state index is 0.0272. The molecule has 0 radical (unpaired) electrons. The van der Waals surface area contributed by atoms with Gasteiger partial charge < -0.3 is 10.6 Å². The minimum atomic E-state index is -0.0272. The number of rotatable bonds is 5. The van der Waals surface area contributed by atoms with Gasteiger partial charge in [-0.25, -0.2) is 0 Å². The predicted octanol–water partition coefficient (Wildman–Crippen LogP) is 4.88. The van der Waals surface area contributed by atoms with Crippen molar-refractivity contribution in [1.82, 2.24) is 10.3 Å². The van der Waals surface area contributed by atoms with Gasteiger partial charge in [0, 0.05) is 24.9 Å². The Morgan fingerprint density at radius 3 is 2.80 bits per heavy atom. The standard InChI is InChI=1S/C26H25N3O/c30-26(28-16-14-18-7-2-1-3-8-18)23-13-5-12-22-20-10-4-11-21(20)24(29-25(22)23)19-9-6-15-27-17-19/h1-10,12-13,15,17,20-21,24,29H,11,14,16H2,(H,28,30). The first kappa shape index (κ1) is 18.6. The van der Waals surface area contributed by atoms with Crippen molar-refractivity contribution in [3.8, 4) is 0 Å². The second-order valence-corrected chi connectivity index (χ2v) is 8.02. The van der Waals surface area contributed by atoms with Gasteiger partial charge in [-0.05, 0) is 47.6 Å². The van der Waals surface area contributed by atoms with Crippen LogP contribution in [0.25, 0.3) is 0 Å². The van der Waals surface area contributed by atoms with Crippen LogP contribution < -0.4 is 10.6 Å². The lowest BCUT2D eigenvalue weighted by Gasteiger charge is -2.38. The van der Waals surface area contributed by atoms with Gasteiger partial charge in [-0.3, -0.25) is 9.78 Å². The van der Waals surface area contributed by atoms with E-state index >= 15 is 0 Å². The second kappa shape index (κ2) is 8.15. The van der Waals surface area contributed by atoms with Crippen LogP contribution in [0.1, 0.15) is 45.4 Å². The molecule has 5 rings (SSSR count). The molecular formula is C26H25N3O. The maximum absolute atomic E-state index is 13.1. The Kier molecular flexibility index (Phi) is 5.06. The van der Waals surface area contributed by atoms with Crippen LogP contribution in [0.2, 0.25) is 0 Å². The number of hydrogen-bond donors (Lipinski definition) is 2. The van der Waals surface area contributed by atoms with Gasteiger partial charge in [0.2, 0.25) is 0 Å². The quantitative estimate of drug-likeness (QED) is 0.606. The summed E-state index contributed by atoms with van der Waals surface area (Å²) < 4.78 is 0. The summed E-state index contributed by atoms with van der Waals surface area (Å²) in [6.07, 6.45) is 10.1. The number of pyridine rings is 1. The highest BCUT2D eigenvalue weighted by atomic mass is 16.1. The Hall–Kier alpha value is -3.40. The molecule has 3 aromatic rings. The molecule has 1 amide bonds. The molecule has 0 saturated carbocycles. The molecular weight excluding hydrogens is 370 g/mol. The van der Waals surface area contributed by atoms with Crippen LogP contribution in [-0.4, -0.2) is 17.4 Å². The molecule has 3 atom stereocenters. The van der Waals surface area contributed by atoms with E-state index in [4.69, 9.17) is 0 Å². The largest absolute Gasteiger partial charge is 0.377 e. The first-order valence-corrected chi connectivity index (χ1v) is 10.6. The summed E-state index contributed by atoms with van der Waals surface area (Å²) in [5, 5.41) is 6.80. The summed E-state index contributed by atoms with van der Waals surface area (Å²) in [6.45, 7) is 0.616. The monoisotopic (exact) mass is 395 g/mol. The summed E-state index contributed by atoms with van der Waals surface area (Å²) in [7, 11) is 0. The van der Waals surface area contributed by atoms with Crippen molar-refractivity contribution >= 4 is 11.6 Å². The average Bonchev–Trinajstić information content (AvgIpc) is 3.30. The van der Waals surface area contributed by atoms with E-state index in [0.29, 0.717) is 23.9 Å². The van der Waals surface area contributed by atoms with E-state index in [1.54, 1.807) is 6.20 Å². The van der Waals surface area contributed by atoms with Gasteiger partial charge in [0.1, 0.15) is 0 Å². The Bertz CT molecular complexity index is 1060. The van der Waals surface area contributed by atoms with Crippen LogP contribution in [0.15, 0.2) is 85.2 Å². The van der Waals surface area contributed by atoms with E-state index in [0.717, 1.165) is 18.5 Å². The lowest BCUT2D eigenvalue weighted by atomic mass is 9.76. The molecule has 4 heteroatoms. The van der Waals surface area contributed by atoms with E-state index in [1.165, 1.54) is 16.7 Å². The van der Waals surface area contributed by atoms with Crippen LogP contribution >= 0.6 is 0 Å². The number of aromatic nitrogens is 1. The number of allylic oxidation sites excluding steroid dienone is 2. The molecule has 0 spiro atoms. The third-order valence-electron chi connectivity index (χ3n) is 6.23. The summed E-state index contributed by atoms with van der Waals surface area (Å²) in [6, 6.07) is 20.5. The van der Waals surface area contributed by atoms with Crippen LogP contribution in [0.4, 0.5) is 5.69 Å². The number of benzene rings is 2. The fourth-order valence-electron chi connectivity index (χ4n) is 4.76. The zero-order valence-electron chi connectivity index (χ0n) is 16.8. The molecule has 2 aliphatic rings. The number of anilines is 1. The summed E-state index contributed by atoms with van der Waals surface area (Å²) in [4.78, 5) is 17.4. The van der Waals surface area contributed by atoms with Crippen LogP contribution in [0.5, 0.6) is 0 Å². The Morgan fingerprint density at radius 1 is 1.07 bits per heavy atom. The highest BCUT2D eigenvalue weighted by molar-refractivity contribution is 6.00. The lowest BCUT2D eigenvalue weighted by Crippen LogP contribution is -2.32. The third kappa shape index (κ3) is 3.50. The normalized spacial score (nSPS) is 21.4. The number of nitrogens with zero attached hydrogens (tertiary/aromatic N) is 1. The van der Waals surface area contributed by atoms with Crippen molar-refractivity contribution in [3.63, 3.8) is 0 Å². The molecule has 2 N–H and O–H groups in total. The fourth-order valence-corrected chi connectivity index (χ4v) is 4.76. The van der Waals surface area contributed by atoms with Crippen LogP contribution in [-0.2, 0) is 6.42 Å². The highest BCUT2D eigenvalue weighted by Gasteiger charge is 2.39. The Morgan fingerprint density at radius 2 is 1.97 bits per heavy atom. The van der Waals surface area contributed by atoms with Crippen LogP contribution in [0, 0.1) is 5.92 Å². The SMILES string of the molecule is O=C(NCCc1ccccc1)c1cccc2c1NC(c1cccnc1)C1CC=CC21. The van der Waals surface area contributed by atoms with Crippen molar-refractivity contribution in [1.29, 1.82) is 0 Å². The number of para-hydroxylation sites is 1. The van der Waals surface area contributed by atoms with Gasteiger partial charge in [0.25, 0.3) is 5.91 Å². The van der Waals surface area contributed by atoms with E-state index in [9.17, 15) is 4.79 Å². The molecule has 2 heterocycles. The van der Waals surface area contributed by atoms with Crippen molar-refractivity contribution in [2.75, 3.05) is 11.9 Å². The highest BCUT2D eigenvalue weighted by Crippen LogP contribution is 2.50. The predicted molar refractivity (Wildman–Crippen MR) is 120 cm³/mol. The summed E-state index contributed by atoms with van der Waals surface area (Å²) in [5.74, 6) is 0.738. The first-order chi connectivity index (χ1) is 14.8. The Balaban J connectivity index is 1.40. The zero-order chi connectivity index (χ0) is 20.3. The van der Waals surface area contributed by atoms with Crippen molar-refractivity contribution < 1.29 is 4.79 Å². The van der Waals surface area contributed by atoms with Gasteiger partial charge >= 0.3 is 0 Å². The smallest absolute Gasteiger partial charge is 0.253 e. The molecule has 2 aromatic carbocycles. The molecule has 1 aliphatic carbocycles. The molecule has 1 aliphatic heterocycles. The molecule has 30 heavy (non-hydrogen) atoms. The van der Waals surface area contributed by atoms with E-state index in [1.807, 2.05) is 42.6 Å². The maximum Gasteiger partial charge on any atom is 0.253 e. The number of carbonyl (C=O) groups excluding carboxylic acids is 1. The average molecular weight is 396 g/mol. The van der Waals surface area contributed by atoms with Crippen molar-refractivity contribution in [3.05, 3.63) is 107 Å². The minimum Gasteiger partial charge on any atom is -0.377 e. The van der Waals surface area contributed by atoms with Gasteiger partial charge in [0.05, 0.1) is 17.3 Å². The lowest BCUT2D eigenvalue weighted by molar-refractivity contribution is 0.0954. The van der Waals surface area contributed by atoms with Crippen molar-refractivity contribution in [2.24, 2.45) is 5.92 Å². The third-order valence-corrected chi connectivity index (χ3v) is 6.23. The number of amides is 1. The molecule has 0 saturated heterocycles. The van der Waals surface area contributed by atoms with Gasteiger partial charge in [-0.1, -0.05) is 60.7 Å². The molecule has 4 nitrogen and oxygen atoms in total. The number of nitrogens with one attached hydrogen (secondary N) is 2. The van der Waals surface area contributed by atoms with Gasteiger partial charge in [-0.2, -0.15) is 0 Å². The summed E-state index contributed by atoms with van der Waals surface area (Å²) >= 11 is 0. The zero-order valence-corrected chi connectivity index (χ0v) is 16.8. The Labute approximate surface area is 177 Å². The first-order valence-electron chi connectivity index (χ1n) is 10.6. The molecule has 150 valence electrons. The van der Waals surface area contributed by atoms with Crippen molar-refractivity contribution in [2.45, 2.75) is 24.8 Å². The summed E-state index contributed by atoms with van der Waals surface area (Å²) in [5.41, 5.74) is 5.27. The number of hydrogen-bond acceptors (Lipinski definition) is 3. The molecule has 0 bridgehead atoms. The van der Waals surface area contributed by atoms with Gasteiger partial charge in [-0.15, -0.1) is 0 Å². The molecule has 3 unspecified atom stereocenters. The number of fused-ring (bicyclic) bond motifs is 3. The van der Waals surface area contributed by atoms with E-state index in [-0.39, 0.29) is 11.9 Å². The van der Waals surface area contributed by atoms with Crippen LogP contribution in [0.3, 0.4) is 0 Å². The van der Waals surface area contributed by atoms with E-state index < -0.39 is 0 Å². The fraction of sp³-hybridized carbons (Fsp3) is 0.231. The van der Waals surface area contributed by atoms with Gasteiger partial charge in [0.15, 0.2) is 0 Å². The second-order valence-electron chi connectivity index (χ2n) is 8.02. The molecule has 0 fully saturated rings.